The molecule has 19 heavy (non-hydrogen) atoms. The fraction of sp³-hybridized carbons (Fsp3) is 0.308. The number of hydrogen-bond acceptors (Lipinski definition) is 4. The highest BCUT2D eigenvalue weighted by Crippen LogP contribution is 2.29. The van der Waals surface area contributed by atoms with E-state index in [1.54, 1.807) is 19.2 Å². The van der Waals surface area contributed by atoms with Gasteiger partial charge >= 0.3 is 0 Å². The third kappa shape index (κ3) is 2.53. The Morgan fingerprint density at radius 2 is 2.32 bits per heavy atom. The predicted octanol–water partition coefficient (Wildman–Crippen LogP) is 2.43. The Labute approximate surface area is 109 Å². The maximum absolute atomic E-state index is 14.1. The van der Waals surface area contributed by atoms with Crippen molar-refractivity contribution >= 4 is 16.6 Å². The van der Waals surface area contributed by atoms with Crippen LogP contribution in [0.5, 0.6) is 0 Å². The van der Waals surface area contributed by atoms with Gasteiger partial charge in [0.25, 0.3) is 5.69 Å². The molecule has 1 heterocycles. The molecule has 1 atom stereocenters. The fourth-order valence-corrected chi connectivity index (χ4v) is 2.00. The van der Waals surface area contributed by atoms with Crippen molar-refractivity contribution in [1.82, 2.24) is 10.3 Å². The van der Waals surface area contributed by atoms with Crippen LogP contribution in [0.2, 0.25) is 0 Å². The molecule has 0 amide bonds. The molecule has 1 aromatic heterocycles. The minimum Gasteiger partial charge on any atom is -0.317 e. The van der Waals surface area contributed by atoms with E-state index in [1.165, 1.54) is 6.20 Å². The molecule has 0 aliphatic heterocycles. The summed E-state index contributed by atoms with van der Waals surface area (Å²) in [6.45, 7) is 1.91. The Kier molecular flexibility index (Phi) is 3.71. The van der Waals surface area contributed by atoms with Crippen molar-refractivity contribution in [2.75, 3.05) is 7.05 Å². The molecule has 0 aliphatic rings. The van der Waals surface area contributed by atoms with Gasteiger partial charge in [0, 0.05) is 17.8 Å². The highest BCUT2D eigenvalue weighted by Gasteiger charge is 2.20. The standard InChI is InChI=1S/C13H14FN3O2/c1-8(15-2)6-10-11(14)7-12(17(18)19)9-4-3-5-16-13(9)10/h3-5,7-8,15H,6H2,1-2H3. The van der Waals surface area contributed by atoms with Crippen LogP contribution in [0.25, 0.3) is 10.9 Å². The second kappa shape index (κ2) is 5.27. The first-order valence-corrected chi connectivity index (χ1v) is 5.92. The highest BCUT2D eigenvalue weighted by atomic mass is 19.1. The summed E-state index contributed by atoms with van der Waals surface area (Å²) >= 11 is 0. The van der Waals surface area contributed by atoms with Gasteiger partial charge in [-0.15, -0.1) is 0 Å². The zero-order chi connectivity index (χ0) is 14.0. The number of nitro benzene ring substituents is 1. The lowest BCUT2D eigenvalue weighted by molar-refractivity contribution is -0.383. The zero-order valence-electron chi connectivity index (χ0n) is 10.7. The second-order valence-electron chi connectivity index (χ2n) is 4.41. The number of aromatic nitrogens is 1. The van der Waals surface area contributed by atoms with Crippen molar-refractivity contribution in [3.8, 4) is 0 Å². The van der Waals surface area contributed by atoms with Crippen LogP contribution in [-0.4, -0.2) is 23.0 Å². The van der Waals surface area contributed by atoms with Crippen LogP contribution in [0.4, 0.5) is 10.1 Å². The number of nitro groups is 1. The average Bonchev–Trinajstić information content (AvgIpc) is 2.41. The third-order valence-corrected chi connectivity index (χ3v) is 3.12. The molecule has 1 aromatic carbocycles. The maximum Gasteiger partial charge on any atom is 0.281 e. The Hall–Kier alpha value is -2.08. The Morgan fingerprint density at radius 1 is 1.58 bits per heavy atom. The SMILES string of the molecule is CNC(C)Cc1c(F)cc([N+](=O)[O-])c2cccnc12. The normalized spacial score (nSPS) is 12.6. The first-order chi connectivity index (χ1) is 9.04. The van der Waals surface area contributed by atoms with Crippen LogP contribution in [0.15, 0.2) is 24.4 Å². The van der Waals surface area contributed by atoms with E-state index in [0.29, 0.717) is 22.9 Å². The van der Waals surface area contributed by atoms with Crippen molar-refractivity contribution in [3.05, 3.63) is 45.9 Å². The molecule has 0 fully saturated rings. The molecule has 0 saturated carbocycles. The van der Waals surface area contributed by atoms with Gasteiger partial charge in [-0.05, 0) is 32.5 Å². The number of hydrogen-bond donors (Lipinski definition) is 1. The lowest BCUT2D eigenvalue weighted by Gasteiger charge is -2.12. The summed E-state index contributed by atoms with van der Waals surface area (Å²) in [7, 11) is 1.78. The van der Waals surface area contributed by atoms with Crippen molar-refractivity contribution < 1.29 is 9.31 Å². The van der Waals surface area contributed by atoms with E-state index < -0.39 is 10.7 Å². The fourth-order valence-electron chi connectivity index (χ4n) is 2.00. The molecule has 0 saturated heterocycles. The molecule has 2 rings (SSSR count). The predicted molar refractivity (Wildman–Crippen MR) is 70.6 cm³/mol. The Morgan fingerprint density at radius 3 is 2.95 bits per heavy atom. The summed E-state index contributed by atoms with van der Waals surface area (Å²) < 4.78 is 14.1. The van der Waals surface area contributed by atoms with E-state index in [0.717, 1.165) is 6.07 Å². The molecule has 1 unspecified atom stereocenters. The summed E-state index contributed by atoms with van der Waals surface area (Å²) in [6, 6.07) is 4.23. The molecule has 2 aromatic rings. The largest absolute Gasteiger partial charge is 0.317 e. The minimum atomic E-state index is -0.585. The van der Waals surface area contributed by atoms with Gasteiger partial charge in [0.2, 0.25) is 0 Å². The van der Waals surface area contributed by atoms with Crippen LogP contribution in [0.3, 0.4) is 0 Å². The number of rotatable bonds is 4. The molecule has 100 valence electrons. The zero-order valence-corrected chi connectivity index (χ0v) is 10.7. The molecule has 0 radical (unpaired) electrons. The van der Waals surface area contributed by atoms with Crippen molar-refractivity contribution in [2.24, 2.45) is 0 Å². The van der Waals surface area contributed by atoms with Gasteiger partial charge in [-0.3, -0.25) is 15.1 Å². The summed E-state index contributed by atoms with van der Waals surface area (Å²) in [5, 5.41) is 14.3. The van der Waals surface area contributed by atoms with E-state index in [1.807, 2.05) is 6.92 Å². The van der Waals surface area contributed by atoms with Crippen molar-refractivity contribution in [2.45, 2.75) is 19.4 Å². The Balaban J connectivity index is 2.68. The third-order valence-electron chi connectivity index (χ3n) is 3.12. The molecule has 0 aliphatic carbocycles. The summed E-state index contributed by atoms with van der Waals surface area (Å²) in [5.74, 6) is -0.583. The summed E-state index contributed by atoms with van der Waals surface area (Å²) in [4.78, 5) is 14.5. The lowest BCUT2D eigenvalue weighted by atomic mass is 10.0. The number of likely N-dealkylation sites (N-methyl/N-ethyl adjacent to an activating group) is 1. The monoisotopic (exact) mass is 263 g/mol. The molecular weight excluding hydrogens is 249 g/mol. The van der Waals surface area contributed by atoms with E-state index in [9.17, 15) is 14.5 Å². The van der Waals surface area contributed by atoms with Gasteiger partial charge in [-0.25, -0.2) is 4.39 Å². The quantitative estimate of drug-likeness (QED) is 0.679. The molecular formula is C13H14FN3O2. The number of pyridine rings is 1. The summed E-state index contributed by atoms with van der Waals surface area (Å²) in [6.07, 6.45) is 1.94. The van der Waals surface area contributed by atoms with E-state index in [-0.39, 0.29) is 11.7 Å². The Bertz CT molecular complexity index is 631. The van der Waals surface area contributed by atoms with Crippen LogP contribution in [0.1, 0.15) is 12.5 Å². The second-order valence-corrected chi connectivity index (χ2v) is 4.41. The maximum atomic E-state index is 14.1. The molecule has 5 nitrogen and oxygen atoms in total. The highest BCUT2D eigenvalue weighted by molar-refractivity contribution is 5.90. The van der Waals surface area contributed by atoms with Crippen LogP contribution in [0, 0.1) is 15.9 Å². The number of fused-ring (bicyclic) bond motifs is 1. The smallest absolute Gasteiger partial charge is 0.281 e. The number of nitrogens with zero attached hydrogens (tertiary/aromatic N) is 2. The molecule has 0 bridgehead atoms. The summed E-state index contributed by atoms with van der Waals surface area (Å²) in [5.41, 5.74) is 0.515. The number of benzene rings is 1. The van der Waals surface area contributed by atoms with E-state index >= 15 is 0 Å². The first kappa shape index (κ1) is 13.4. The van der Waals surface area contributed by atoms with Gasteiger partial charge in [0.1, 0.15) is 5.82 Å². The lowest BCUT2D eigenvalue weighted by Crippen LogP contribution is -2.24. The van der Waals surface area contributed by atoms with Crippen LogP contribution in [-0.2, 0) is 6.42 Å². The minimum absolute atomic E-state index is 0.0566. The molecule has 0 spiro atoms. The van der Waals surface area contributed by atoms with Gasteiger partial charge in [0.05, 0.1) is 21.9 Å². The van der Waals surface area contributed by atoms with Gasteiger partial charge in [-0.2, -0.15) is 0 Å². The van der Waals surface area contributed by atoms with Gasteiger partial charge in [-0.1, -0.05) is 0 Å². The van der Waals surface area contributed by atoms with Gasteiger partial charge in [0.15, 0.2) is 0 Å². The van der Waals surface area contributed by atoms with E-state index in [2.05, 4.69) is 10.3 Å². The van der Waals surface area contributed by atoms with Crippen LogP contribution < -0.4 is 5.32 Å². The van der Waals surface area contributed by atoms with Crippen LogP contribution >= 0.6 is 0 Å². The average molecular weight is 263 g/mol. The van der Waals surface area contributed by atoms with Crippen molar-refractivity contribution in [1.29, 1.82) is 0 Å². The molecule has 1 N–H and O–H groups in total. The van der Waals surface area contributed by atoms with Crippen molar-refractivity contribution in [3.63, 3.8) is 0 Å². The van der Waals surface area contributed by atoms with Gasteiger partial charge < -0.3 is 5.32 Å². The number of halogens is 1. The van der Waals surface area contributed by atoms with E-state index in [4.69, 9.17) is 0 Å². The number of non-ortho nitro benzene ring substituents is 1. The first-order valence-electron chi connectivity index (χ1n) is 5.92. The molecule has 6 heteroatoms. The topological polar surface area (TPSA) is 68.1 Å². The number of nitrogens with one attached hydrogen (secondary N) is 1.